The van der Waals surface area contributed by atoms with Crippen molar-refractivity contribution in [2.75, 3.05) is 6.54 Å². The average molecular weight is 310 g/mol. The molecule has 0 unspecified atom stereocenters. The molecule has 0 aliphatic heterocycles. The minimum Gasteiger partial charge on any atom is -0.311 e. The Hall–Kier alpha value is -1.72. The predicted molar refractivity (Wildman–Crippen MR) is 81.5 cm³/mol. The number of halogens is 2. The molecule has 0 amide bonds. The van der Waals surface area contributed by atoms with Crippen LogP contribution >= 0.6 is 11.6 Å². The monoisotopic (exact) mass is 309 g/mol. The Labute approximate surface area is 127 Å². The zero-order chi connectivity index (χ0) is 15.4. The van der Waals surface area contributed by atoms with Gasteiger partial charge < -0.3 is 5.32 Å². The van der Waals surface area contributed by atoms with E-state index in [1.54, 1.807) is 17.7 Å². The summed E-state index contributed by atoms with van der Waals surface area (Å²) in [6, 6.07) is 5.87. The van der Waals surface area contributed by atoms with Crippen LogP contribution in [0.1, 0.15) is 24.7 Å². The summed E-state index contributed by atoms with van der Waals surface area (Å²) in [4.78, 5) is 11.9. The molecule has 0 spiro atoms. The molecular formula is C15H17ClFN3O. The maximum Gasteiger partial charge on any atom is 0.204 e. The zero-order valence-corrected chi connectivity index (χ0v) is 12.7. The molecule has 2 rings (SSSR count). The Morgan fingerprint density at radius 3 is 2.81 bits per heavy atom. The Balaban J connectivity index is 2.40. The number of nitrogens with one attached hydrogen (secondary N) is 1. The van der Waals surface area contributed by atoms with Crippen LogP contribution in [-0.2, 0) is 6.54 Å². The van der Waals surface area contributed by atoms with E-state index in [2.05, 4.69) is 10.4 Å². The average Bonchev–Trinajstić information content (AvgIpc) is 2.44. The van der Waals surface area contributed by atoms with Crippen molar-refractivity contribution in [3.05, 3.63) is 56.7 Å². The second kappa shape index (κ2) is 6.83. The second-order valence-corrected chi connectivity index (χ2v) is 5.19. The minimum atomic E-state index is -0.482. The first-order chi connectivity index (χ1) is 10.0. The highest BCUT2D eigenvalue weighted by Crippen LogP contribution is 2.19. The Kier molecular flexibility index (Phi) is 5.09. The van der Waals surface area contributed by atoms with Gasteiger partial charge in [-0.2, -0.15) is 5.10 Å². The minimum absolute atomic E-state index is 0.0260. The van der Waals surface area contributed by atoms with Gasteiger partial charge in [-0.05, 0) is 38.1 Å². The normalized spacial score (nSPS) is 10.9. The molecule has 21 heavy (non-hydrogen) atoms. The van der Waals surface area contributed by atoms with Crippen molar-refractivity contribution in [1.82, 2.24) is 15.1 Å². The lowest BCUT2D eigenvalue weighted by Gasteiger charge is -2.12. The van der Waals surface area contributed by atoms with Gasteiger partial charge in [-0.1, -0.05) is 18.5 Å². The van der Waals surface area contributed by atoms with Crippen LogP contribution in [0.3, 0.4) is 0 Å². The number of hydrogen-bond acceptors (Lipinski definition) is 3. The highest BCUT2D eigenvalue weighted by Gasteiger charge is 2.09. The highest BCUT2D eigenvalue weighted by atomic mass is 35.5. The molecule has 1 aromatic heterocycles. The second-order valence-electron chi connectivity index (χ2n) is 4.78. The van der Waals surface area contributed by atoms with E-state index in [1.165, 1.54) is 18.2 Å². The van der Waals surface area contributed by atoms with Gasteiger partial charge in [0.25, 0.3) is 0 Å². The number of aromatic nitrogens is 2. The molecule has 1 heterocycles. The summed E-state index contributed by atoms with van der Waals surface area (Å²) in [5.41, 5.74) is 1.60. The predicted octanol–water partition coefficient (Wildman–Crippen LogP) is 2.83. The van der Waals surface area contributed by atoms with Crippen LogP contribution in [0, 0.1) is 12.7 Å². The van der Waals surface area contributed by atoms with Gasteiger partial charge in [0, 0.05) is 18.3 Å². The third-order valence-electron chi connectivity index (χ3n) is 3.05. The molecular weight excluding hydrogens is 293 g/mol. The molecule has 2 aromatic rings. The van der Waals surface area contributed by atoms with Crippen molar-refractivity contribution in [3.8, 4) is 5.69 Å². The highest BCUT2D eigenvalue weighted by molar-refractivity contribution is 6.30. The number of hydrogen-bond donors (Lipinski definition) is 1. The molecule has 4 nitrogen and oxygen atoms in total. The summed E-state index contributed by atoms with van der Waals surface area (Å²) in [6.07, 6.45) is 0.980. The van der Waals surface area contributed by atoms with Crippen LogP contribution in [0.5, 0.6) is 0 Å². The molecule has 112 valence electrons. The fraction of sp³-hybridized carbons (Fsp3) is 0.333. The van der Waals surface area contributed by atoms with E-state index in [0.29, 0.717) is 23.6 Å². The SMILES string of the molecule is CCCNCc1nn(-c2ccc(F)c(Cl)c2)c(C)cc1=O. The number of rotatable bonds is 5. The van der Waals surface area contributed by atoms with Gasteiger partial charge in [0.2, 0.25) is 5.43 Å². The Morgan fingerprint density at radius 1 is 1.38 bits per heavy atom. The van der Waals surface area contributed by atoms with Gasteiger partial charge in [-0.3, -0.25) is 4.79 Å². The number of nitrogens with zero attached hydrogens (tertiary/aromatic N) is 2. The fourth-order valence-corrected chi connectivity index (χ4v) is 2.14. The van der Waals surface area contributed by atoms with Crippen LogP contribution in [-0.4, -0.2) is 16.3 Å². The van der Waals surface area contributed by atoms with Crippen molar-refractivity contribution in [3.63, 3.8) is 0 Å². The van der Waals surface area contributed by atoms with Gasteiger partial charge in [-0.25, -0.2) is 9.07 Å². The molecule has 1 aromatic carbocycles. The molecule has 0 aliphatic carbocycles. The summed E-state index contributed by atoms with van der Waals surface area (Å²) < 4.78 is 14.8. The van der Waals surface area contributed by atoms with E-state index in [4.69, 9.17) is 11.6 Å². The van der Waals surface area contributed by atoms with Crippen LogP contribution in [0.15, 0.2) is 29.1 Å². The Morgan fingerprint density at radius 2 is 2.14 bits per heavy atom. The first-order valence-corrected chi connectivity index (χ1v) is 7.16. The first kappa shape index (κ1) is 15.7. The van der Waals surface area contributed by atoms with Crippen molar-refractivity contribution in [2.45, 2.75) is 26.8 Å². The van der Waals surface area contributed by atoms with Crippen LogP contribution in [0.25, 0.3) is 5.69 Å². The van der Waals surface area contributed by atoms with Crippen LogP contribution in [0.2, 0.25) is 5.02 Å². The van der Waals surface area contributed by atoms with Gasteiger partial charge in [0.05, 0.1) is 10.7 Å². The fourth-order valence-electron chi connectivity index (χ4n) is 1.97. The number of benzene rings is 1. The van der Waals surface area contributed by atoms with Crippen molar-refractivity contribution >= 4 is 11.6 Å². The summed E-state index contributed by atoms with van der Waals surface area (Å²) in [5.74, 6) is -0.482. The third-order valence-corrected chi connectivity index (χ3v) is 3.34. The molecule has 0 aliphatic rings. The molecule has 0 saturated carbocycles. The lowest BCUT2D eigenvalue weighted by molar-refractivity contribution is 0.624. The first-order valence-electron chi connectivity index (χ1n) is 6.79. The van der Waals surface area contributed by atoms with Crippen LogP contribution < -0.4 is 10.7 Å². The molecule has 6 heteroatoms. The summed E-state index contributed by atoms with van der Waals surface area (Å²) in [6.45, 7) is 5.04. The van der Waals surface area contributed by atoms with E-state index in [9.17, 15) is 9.18 Å². The van der Waals surface area contributed by atoms with E-state index >= 15 is 0 Å². The zero-order valence-electron chi connectivity index (χ0n) is 12.0. The largest absolute Gasteiger partial charge is 0.311 e. The van der Waals surface area contributed by atoms with E-state index in [0.717, 1.165) is 13.0 Å². The van der Waals surface area contributed by atoms with E-state index in [-0.39, 0.29) is 10.5 Å². The lowest BCUT2D eigenvalue weighted by Crippen LogP contribution is -2.25. The summed E-state index contributed by atoms with van der Waals surface area (Å²) in [5, 5.41) is 7.52. The molecule has 0 fully saturated rings. The van der Waals surface area contributed by atoms with Gasteiger partial charge >= 0.3 is 0 Å². The van der Waals surface area contributed by atoms with Crippen molar-refractivity contribution in [2.24, 2.45) is 0 Å². The number of aryl methyl sites for hydroxylation is 1. The van der Waals surface area contributed by atoms with Crippen molar-refractivity contribution < 1.29 is 4.39 Å². The molecule has 0 bridgehead atoms. The smallest absolute Gasteiger partial charge is 0.204 e. The third kappa shape index (κ3) is 3.68. The van der Waals surface area contributed by atoms with Crippen molar-refractivity contribution in [1.29, 1.82) is 0 Å². The summed E-state index contributed by atoms with van der Waals surface area (Å²) >= 11 is 5.80. The lowest BCUT2D eigenvalue weighted by atomic mass is 10.2. The van der Waals surface area contributed by atoms with Gasteiger partial charge in [-0.15, -0.1) is 0 Å². The van der Waals surface area contributed by atoms with E-state index in [1.807, 2.05) is 6.92 Å². The van der Waals surface area contributed by atoms with Crippen LogP contribution in [0.4, 0.5) is 4.39 Å². The quantitative estimate of drug-likeness (QED) is 0.864. The maximum absolute atomic E-state index is 13.2. The van der Waals surface area contributed by atoms with E-state index < -0.39 is 5.82 Å². The van der Waals surface area contributed by atoms with Gasteiger partial charge in [0.1, 0.15) is 11.5 Å². The molecule has 0 saturated heterocycles. The molecule has 0 atom stereocenters. The molecule has 0 radical (unpaired) electrons. The Bertz CT molecular complexity index is 700. The standard InChI is InChI=1S/C15H17ClFN3O/c1-3-6-18-9-14-15(21)7-10(2)20(19-14)11-4-5-13(17)12(16)8-11/h4-5,7-8,18H,3,6,9H2,1-2H3. The maximum atomic E-state index is 13.2. The van der Waals surface area contributed by atoms with Gasteiger partial charge in [0.15, 0.2) is 0 Å². The summed E-state index contributed by atoms with van der Waals surface area (Å²) in [7, 11) is 0. The topological polar surface area (TPSA) is 46.9 Å². The molecule has 1 N–H and O–H groups in total.